The van der Waals surface area contributed by atoms with Gasteiger partial charge in [-0.05, 0) is 49.6 Å². The van der Waals surface area contributed by atoms with Crippen LogP contribution in [0.25, 0.3) is 0 Å². The van der Waals surface area contributed by atoms with Crippen LogP contribution in [0.1, 0.15) is 23.6 Å². The van der Waals surface area contributed by atoms with Gasteiger partial charge in [0.15, 0.2) is 0 Å². The standard InChI is InChI=1S/C18H23NO2/c1-13-6-4-5-7-17(13)21-12-16-11-15(10-14(2)19)8-9-18(16)20-3/h4-9,11,14H,10,12,19H2,1-3H3. The fraction of sp³-hybridized carbons (Fsp3) is 0.333. The van der Waals surface area contributed by atoms with E-state index in [1.807, 2.05) is 44.2 Å². The van der Waals surface area contributed by atoms with Gasteiger partial charge in [0.25, 0.3) is 0 Å². The topological polar surface area (TPSA) is 44.5 Å². The summed E-state index contributed by atoms with van der Waals surface area (Å²) in [4.78, 5) is 0. The average Bonchev–Trinajstić information content (AvgIpc) is 2.46. The smallest absolute Gasteiger partial charge is 0.125 e. The van der Waals surface area contributed by atoms with Gasteiger partial charge in [-0.15, -0.1) is 0 Å². The highest BCUT2D eigenvalue weighted by atomic mass is 16.5. The van der Waals surface area contributed by atoms with Gasteiger partial charge in [0.2, 0.25) is 0 Å². The molecule has 3 nitrogen and oxygen atoms in total. The van der Waals surface area contributed by atoms with E-state index in [-0.39, 0.29) is 6.04 Å². The normalized spacial score (nSPS) is 12.0. The van der Waals surface area contributed by atoms with Crippen LogP contribution in [0.3, 0.4) is 0 Å². The van der Waals surface area contributed by atoms with Crippen LogP contribution >= 0.6 is 0 Å². The zero-order valence-corrected chi connectivity index (χ0v) is 12.9. The first kappa shape index (κ1) is 15.4. The van der Waals surface area contributed by atoms with Crippen molar-refractivity contribution in [3.8, 4) is 11.5 Å². The van der Waals surface area contributed by atoms with E-state index in [1.54, 1.807) is 7.11 Å². The van der Waals surface area contributed by atoms with Crippen molar-refractivity contribution in [1.82, 2.24) is 0 Å². The highest BCUT2D eigenvalue weighted by molar-refractivity contribution is 5.38. The lowest BCUT2D eigenvalue weighted by molar-refractivity contribution is 0.294. The molecule has 1 unspecified atom stereocenters. The molecule has 0 saturated heterocycles. The number of benzene rings is 2. The number of aryl methyl sites for hydroxylation is 1. The second-order valence-electron chi connectivity index (χ2n) is 5.38. The number of rotatable bonds is 6. The van der Waals surface area contributed by atoms with Gasteiger partial charge in [-0.2, -0.15) is 0 Å². The molecule has 0 bridgehead atoms. The number of nitrogens with two attached hydrogens (primary N) is 1. The molecule has 0 radical (unpaired) electrons. The molecule has 0 aliphatic carbocycles. The van der Waals surface area contributed by atoms with E-state index >= 15 is 0 Å². The Morgan fingerprint density at radius 1 is 1.10 bits per heavy atom. The number of ether oxygens (including phenoxy) is 2. The van der Waals surface area contributed by atoms with Crippen LogP contribution in [0.4, 0.5) is 0 Å². The maximum atomic E-state index is 5.91. The highest BCUT2D eigenvalue weighted by Gasteiger charge is 2.08. The van der Waals surface area contributed by atoms with Crippen molar-refractivity contribution in [2.75, 3.05) is 7.11 Å². The van der Waals surface area contributed by atoms with E-state index in [9.17, 15) is 0 Å². The minimum atomic E-state index is 0.142. The molecule has 3 heteroatoms. The summed E-state index contributed by atoms with van der Waals surface area (Å²) in [6, 6.07) is 14.3. The van der Waals surface area contributed by atoms with Gasteiger partial charge < -0.3 is 15.2 Å². The van der Waals surface area contributed by atoms with Crippen molar-refractivity contribution in [3.63, 3.8) is 0 Å². The molecule has 0 heterocycles. The second kappa shape index (κ2) is 7.14. The van der Waals surface area contributed by atoms with Gasteiger partial charge in [-0.3, -0.25) is 0 Å². The van der Waals surface area contributed by atoms with Crippen LogP contribution in [-0.2, 0) is 13.0 Å². The fourth-order valence-electron chi connectivity index (χ4n) is 2.32. The third kappa shape index (κ3) is 4.23. The average molecular weight is 285 g/mol. The Kier molecular flexibility index (Phi) is 5.23. The van der Waals surface area contributed by atoms with Crippen molar-refractivity contribution in [3.05, 3.63) is 59.2 Å². The number of para-hydroxylation sites is 1. The van der Waals surface area contributed by atoms with Gasteiger partial charge >= 0.3 is 0 Å². The fourth-order valence-corrected chi connectivity index (χ4v) is 2.32. The maximum absolute atomic E-state index is 5.91. The monoisotopic (exact) mass is 285 g/mol. The van der Waals surface area contributed by atoms with Crippen LogP contribution in [0.5, 0.6) is 11.5 Å². The quantitative estimate of drug-likeness (QED) is 0.884. The van der Waals surface area contributed by atoms with Crippen LogP contribution in [0.15, 0.2) is 42.5 Å². The number of methoxy groups -OCH3 is 1. The SMILES string of the molecule is COc1ccc(CC(C)N)cc1COc1ccccc1C. The van der Waals surface area contributed by atoms with E-state index in [4.69, 9.17) is 15.2 Å². The van der Waals surface area contributed by atoms with Crippen molar-refractivity contribution < 1.29 is 9.47 Å². The van der Waals surface area contributed by atoms with Gasteiger partial charge in [0.05, 0.1) is 7.11 Å². The lowest BCUT2D eigenvalue weighted by atomic mass is 10.0. The molecule has 1 atom stereocenters. The molecule has 2 rings (SSSR count). The Morgan fingerprint density at radius 3 is 2.52 bits per heavy atom. The third-order valence-corrected chi connectivity index (χ3v) is 3.38. The summed E-state index contributed by atoms with van der Waals surface area (Å²) in [6.45, 7) is 4.54. The molecule has 0 fully saturated rings. The minimum Gasteiger partial charge on any atom is -0.496 e. The molecule has 0 aliphatic rings. The Morgan fingerprint density at radius 2 is 1.86 bits per heavy atom. The molecule has 0 aromatic heterocycles. The van der Waals surface area contributed by atoms with E-state index in [0.29, 0.717) is 6.61 Å². The molecule has 0 aliphatic heterocycles. The zero-order valence-electron chi connectivity index (χ0n) is 12.9. The molecule has 0 spiro atoms. The van der Waals surface area contributed by atoms with Gasteiger partial charge in [-0.1, -0.05) is 24.3 Å². The van der Waals surface area contributed by atoms with Crippen LogP contribution in [0, 0.1) is 6.92 Å². The van der Waals surface area contributed by atoms with Crippen LogP contribution < -0.4 is 15.2 Å². The Hall–Kier alpha value is -2.00. The first-order chi connectivity index (χ1) is 10.1. The summed E-state index contributed by atoms with van der Waals surface area (Å²) in [7, 11) is 1.68. The summed E-state index contributed by atoms with van der Waals surface area (Å²) in [5.74, 6) is 1.74. The van der Waals surface area contributed by atoms with Gasteiger partial charge in [0, 0.05) is 11.6 Å². The third-order valence-electron chi connectivity index (χ3n) is 3.38. The molecule has 112 valence electrons. The first-order valence-electron chi connectivity index (χ1n) is 7.20. The Balaban J connectivity index is 2.15. The zero-order chi connectivity index (χ0) is 15.2. The largest absolute Gasteiger partial charge is 0.496 e. The Labute approximate surface area is 126 Å². The summed E-state index contributed by atoms with van der Waals surface area (Å²) in [6.07, 6.45) is 0.849. The van der Waals surface area contributed by atoms with E-state index in [1.165, 1.54) is 5.56 Å². The van der Waals surface area contributed by atoms with Gasteiger partial charge in [0.1, 0.15) is 18.1 Å². The van der Waals surface area contributed by atoms with Gasteiger partial charge in [-0.25, -0.2) is 0 Å². The van der Waals surface area contributed by atoms with E-state index in [2.05, 4.69) is 12.1 Å². The summed E-state index contributed by atoms with van der Waals surface area (Å²) in [5, 5.41) is 0. The number of hydrogen-bond acceptors (Lipinski definition) is 3. The van der Waals surface area contributed by atoms with Crippen molar-refractivity contribution in [1.29, 1.82) is 0 Å². The predicted octanol–water partition coefficient (Wildman–Crippen LogP) is 3.47. The van der Waals surface area contributed by atoms with Crippen molar-refractivity contribution >= 4 is 0 Å². The minimum absolute atomic E-state index is 0.142. The first-order valence-corrected chi connectivity index (χ1v) is 7.20. The lowest BCUT2D eigenvalue weighted by Crippen LogP contribution is -2.17. The maximum Gasteiger partial charge on any atom is 0.125 e. The molecule has 2 aromatic carbocycles. The molecular formula is C18H23NO2. The van der Waals surface area contributed by atoms with E-state index in [0.717, 1.165) is 29.0 Å². The van der Waals surface area contributed by atoms with Crippen molar-refractivity contribution in [2.24, 2.45) is 5.73 Å². The molecule has 0 saturated carbocycles. The predicted molar refractivity (Wildman–Crippen MR) is 85.9 cm³/mol. The Bertz CT molecular complexity index is 594. The molecular weight excluding hydrogens is 262 g/mol. The van der Waals surface area contributed by atoms with Crippen molar-refractivity contribution in [2.45, 2.75) is 32.9 Å². The molecule has 2 aromatic rings. The summed E-state index contributed by atoms with van der Waals surface area (Å²) >= 11 is 0. The van der Waals surface area contributed by atoms with Crippen LogP contribution in [-0.4, -0.2) is 13.2 Å². The molecule has 2 N–H and O–H groups in total. The van der Waals surface area contributed by atoms with Crippen LogP contribution in [0.2, 0.25) is 0 Å². The summed E-state index contributed by atoms with van der Waals surface area (Å²) in [5.41, 5.74) is 9.24. The molecule has 21 heavy (non-hydrogen) atoms. The number of hydrogen-bond donors (Lipinski definition) is 1. The highest BCUT2D eigenvalue weighted by Crippen LogP contribution is 2.24. The van der Waals surface area contributed by atoms with E-state index < -0.39 is 0 Å². The molecule has 0 amide bonds. The second-order valence-corrected chi connectivity index (χ2v) is 5.38. The lowest BCUT2D eigenvalue weighted by Gasteiger charge is -2.14. The summed E-state index contributed by atoms with van der Waals surface area (Å²) < 4.78 is 11.3.